The maximum absolute atomic E-state index is 12.6. The largest absolute Gasteiger partial charge is 0.469 e. The molecule has 1 N–H and O–H groups in total. The van der Waals surface area contributed by atoms with E-state index in [1.54, 1.807) is 12.5 Å². The predicted octanol–water partition coefficient (Wildman–Crippen LogP) is 2.28. The number of hydrogen-bond donors (Lipinski definition) is 1. The molecule has 120 valence electrons. The SMILES string of the molecule is O=C([C@H]1C[C@@H]1c1ccco1)N1CCC(Nc2cccnn2)CC1. The number of likely N-dealkylation sites (tertiary alicyclic amines) is 1. The first-order valence-electron chi connectivity index (χ1n) is 8.17. The highest BCUT2D eigenvalue weighted by Gasteiger charge is 2.47. The average molecular weight is 312 g/mol. The summed E-state index contributed by atoms with van der Waals surface area (Å²) in [4.78, 5) is 14.6. The summed E-state index contributed by atoms with van der Waals surface area (Å²) in [5.74, 6) is 2.43. The second-order valence-corrected chi connectivity index (χ2v) is 6.32. The van der Waals surface area contributed by atoms with Gasteiger partial charge in [-0.2, -0.15) is 5.10 Å². The van der Waals surface area contributed by atoms with Crippen molar-refractivity contribution in [1.82, 2.24) is 15.1 Å². The van der Waals surface area contributed by atoms with Crippen LogP contribution in [0.25, 0.3) is 0 Å². The molecule has 2 aromatic heterocycles. The summed E-state index contributed by atoms with van der Waals surface area (Å²) in [6.07, 6.45) is 6.15. The first-order valence-corrected chi connectivity index (χ1v) is 8.17. The van der Waals surface area contributed by atoms with Gasteiger partial charge in [-0.1, -0.05) is 0 Å². The summed E-state index contributed by atoms with van der Waals surface area (Å²) < 4.78 is 5.42. The lowest BCUT2D eigenvalue weighted by Crippen LogP contribution is -2.43. The van der Waals surface area contributed by atoms with Gasteiger partial charge in [0.25, 0.3) is 0 Å². The predicted molar refractivity (Wildman–Crippen MR) is 84.8 cm³/mol. The van der Waals surface area contributed by atoms with Gasteiger partial charge in [0.1, 0.15) is 11.6 Å². The highest BCUT2D eigenvalue weighted by molar-refractivity contribution is 5.83. The fraction of sp³-hybridized carbons (Fsp3) is 0.471. The molecule has 1 aliphatic carbocycles. The number of rotatable bonds is 4. The van der Waals surface area contributed by atoms with Crippen LogP contribution in [-0.2, 0) is 4.79 Å². The number of aromatic nitrogens is 2. The van der Waals surface area contributed by atoms with Crippen molar-refractivity contribution in [2.45, 2.75) is 31.2 Å². The number of nitrogens with zero attached hydrogens (tertiary/aromatic N) is 3. The summed E-state index contributed by atoms with van der Waals surface area (Å²) in [5, 5.41) is 11.3. The Kier molecular flexibility index (Phi) is 3.73. The Morgan fingerprint density at radius 3 is 2.83 bits per heavy atom. The van der Waals surface area contributed by atoms with E-state index in [0.29, 0.717) is 6.04 Å². The van der Waals surface area contributed by atoms with Gasteiger partial charge in [0.15, 0.2) is 0 Å². The maximum atomic E-state index is 12.6. The quantitative estimate of drug-likeness (QED) is 0.938. The molecule has 3 heterocycles. The van der Waals surface area contributed by atoms with Crippen LogP contribution in [0.15, 0.2) is 41.1 Å². The second-order valence-electron chi connectivity index (χ2n) is 6.32. The molecule has 4 rings (SSSR count). The van der Waals surface area contributed by atoms with Crippen LogP contribution in [0.1, 0.15) is 30.9 Å². The number of piperidine rings is 1. The molecule has 0 unspecified atom stereocenters. The number of anilines is 1. The minimum Gasteiger partial charge on any atom is -0.469 e. The molecule has 0 radical (unpaired) electrons. The molecular weight excluding hydrogens is 292 g/mol. The lowest BCUT2D eigenvalue weighted by molar-refractivity contribution is -0.133. The van der Waals surface area contributed by atoms with Crippen molar-refractivity contribution in [3.05, 3.63) is 42.5 Å². The lowest BCUT2D eigenvalue weighted by atomic mass is 10.0. The lowest BCUT2D eigenvalue weighted by Gasteiger charge is -2.32. The van der Waals surface area contributed by atoms with Crippen LogP contribution in [-0.4, -0.2) is 40.1 Å². The van der Waals surface area contributed by atoms with Crippen molar-refractivity contribution >= 4 is 11.7 Å². The van der Waals surface area contributed by atoms with Gasteiger partial charge in [-0.05, 0) is 43.5 Å². The number of hydrogen-bond acceptors (Lipinski definition) is 5. The van der Waals surface area contributed by atoms with E-state index < -0.39 is 0 Å². The standard InChI is InChI=1S/C17H20N4O2/c22-17(14-11-13(14)15-3-2-10-23-15)21-8-5-12(6-9-21)19-16-4-1-7-18-20-16/h1-4,7,10,12-14H,5-6,8-9,11H2,(H,19,20)/t13-,14-/m0/s1. The molecule has 2 atom stereocenters. The van der Waals surface area contributed by atoms with Crippen LogP contribution >= 0.6 is 0 Å². The highest BCUT2D eigenvalue weighted by Crippen LogP contribution is 2.48. The summed E-state index contributed by atoms with van der Waals surface area (Å²) in [6.45, 7) is 1.61. The Hall–Kier alpha value is -2.37. The number of amides is 1. The highest BCUT2D eigenvalue weighted by atomic mass is 16.3. The third-order valence-electron chi connectivity index (χ3n) is 4.75. The Morgan fingerprint density at radius 2 is 2.13 bits per heavy atom. The Balaban J connectivity index is 1.28. The summed E-state index contributed by atoms with van der Waals surface area (Å²) in [5.41, 5.74) is 0. The number of carbonyl (C=O) groups is 1. The maximum Gasteiger partial charge on any atom is 0.226 e. The smallest absolute Gasteiger partial charge is 0.226 e. The van der Waals surface area contributed by atoms with Crippen molar-refractivity contribution < 1.29 is 9.21 Å². The molecule has 0 aromatic carbocycles. The Bertz CT molecular complexity index is 650. The first kappa shape index (κ1) is 14.2. The van der Waals surface area contributed by atoms with Gasteiger partial charge in [0.2, 0.25) is 5.91 Å². The van der Waals surface area contributed by atoms with Crippen molar-refractivity contribution in [3.63, 3.8) is 0 Å². The van der Waals surface area contributed by atoms with Gasteiger partial charge in [-0.3, -0.25) is 4.79 Å². The van der Waals surface area contributed by atoms with E-state index in [1.165, 1.54) is 0 Å². The zero-order chi connectivity index (χ0) is 15.6. The van der Waals surface area contributed by atoms with E-state index >= 15 is 0 Å². The topological polar surface area (TPSA) is 71.3 Å². The Morgan fingerprint density at radius 1 is 1.26 bits per heavy atom. The zero-order valence-electron chi connectivity index (χ0n) is 12.9. The molecule has 0 bridgehead atoms. The third-order valence-corrected chi connectivity index (χ3v) is 4.75. The van der Waals surface area contributed by atoms with Crippen LogP contribution in [0.5, 0.6) is 0 Å². The van der Waals surface area contributed by atoms with Gasteiger partial charge in [0.05, 0.1) is 6.26 Å². The average Bonchev–Trinajstić information content (AvgIpc) is 3.21. The molecule has 2 aromatic rings. The fourth-order valence-corrected chi connectivity index (χ4v) is 3.35. The van der Waals surface area contributed by atoms with Crippen LogP contribution in [0, 0.1) is 5.92 Å². The molecule has 6 heteroatoms. The number of furan rings is 1. The molecule has 0 spiro atoms. The van der Waals surface area contributed by atoms with Crippen molar-refractivity contribution in [2.75, 3.05) is 18.4 Å². The van der Waals surface area contributed by atoms with Gasteiger partial charge in [0, 0.05) is 37.2 Å². The van der Waals surface area contributed by atoms with Crippen LogP contribution in [0.2, 0.25) is 0 Å². The summed E-state index contributed by atoms with van der Waals surface area (Å²) in [7, 11) is 0. The van der Waals surface area contributed by atoms with Crippen molar-refractivity contribution in [2.24, 2.45) is 5.92 Å². The van der Waals surface area contributed by atoms with E-state index in [-0.39, 0.29) is 17.7 Å². The monoisotopic (exact) mass is 312 g/mol. The van der Waals surface area contributed by atoms with Gasteiger partial charge in [-0.15, -0.1) is 5.10 Å². The number of nitrogens with one attached hydrogen (secondary N) is 1. The van der Waals surface area contributed by atoms with Gasteiger partial charge >= 0.3 is 0 Å². The molecule has 1 amide bonds. The molecular formula is C17H20N4O2. The molecule has 23 heavy (non-hydrogen) atoms. The van der Waals surface area contributed by atoms with E-state index in [4.69, 9.17) is 4.42 Å². The van der Waals surface area contributed by atoms with Crippen LogP contribution in [0.3, 0.4) is 0 Å². The van der Waals surface area contributed by atoms with Gasteiger partial charge < -0.3 is 14.6 Å². The Labute approximate surface area is 134 Å². The van der Waals surface area contributed by atoms with Crippen molar-refractivity contribution in [1.29, 1.82) is 0 Å². The summed E-state index contributed by atoms with van der Waals surface area (Å²) in [6, 6.07) is 8.00. The van der Waals surface area contributed by atoms with E-state index in [9.17, 15) is 4.79 Å². The molecule has 2 fully saturated rings. The van der Waals surface area contributed by atoms with Gasteiger partial charge in [-0.25, -0.2) is 0 Å². The minimum atomic E-state index is 0.116. The fourth-order valence-electron chi connectivity index (χ4n) is 3.35. The molecule has 1 saturated heterocycles. The molecule has 1 aliphatic heterocycles. The molecule has 1 saturated carbocycles. The summed E-state index contributed by atoms with van der Waals surface area (Å²) >= 11 is 0. The molecule has 6 nitrogen and oxygen atoms in total. The van der Waals surface area contributed by atoms with E-state index in [1.807, 2.05) is 29.2 Å². The number of carbonyl (C=O) groups excluding carboxylic acids is 1. The third kappa shape index (κ3) is 3.06. The zero-order valence-corrected chi connectivity index (χ0v) is 12.9. The first-order chi connectivity index (χ1) is 11.3. The second kappa shape index (κ2) is 6.02. The van der Waals surface area contributed by atoms with Crippen LogP contribution in [0.4, 0.5) is 5.82 Å². The van der Waals surface area contributed by atoms with E-state index in [2.05, 4.69) is 15.5 Å². The molecule has 2 aliphatic rings. The van der Waals surface area contributed by atoms with E-state index in [0.717, 1.165) is 43.9 Å². The van der Waals surface area contributed by atoms with Crippen molar-refractivity contribution in [3.8, 4) is 0 Å². The van der Waals surface area contributed by atoms with Crippen LogP contribution < -0.4 is 5.32 Å². The minimum absolute atomic E-state index is 0.116. The normalized spacial score (nSPS) is 24.4.